The standard InChI is InChI=1S/C22H47BrO2Si2/c1-18(2)27(19(3)4,20(5)6)24-16-14-12-13-15-21(23)17-25-26(10,11)22(7,8)9/h15,18-20H,12-14,16-17H2,1-11H3/b21-15+. The molecule has 0 rings (SSSR count). The minimum absolute atomic E-state index is 0.261. The number of unbranched alkanes of at least 4 members (excludes halogenated alkanes) is 2. The fourth-order valence-corrected chi connectivity index (χ4v) is 10.8. The Hall–Kier alpha value is 0.574. The quantitative estimate of drug-likeness (QED) is 0.206. The summed E-state index contributed by atoms with van der Waals surface area (Å²) in [6.45, 7) is 27.2. The molecule has 0 fully saturated rings. The molecule has 5 heteroatoms. The fourth-order valence-electron chi connectivity index (χ4n) is 3.78. The van der Waals surface area contributed by atoms with Crippen LogP contribution in [0.1, 0.15) is 81.6 Å². The van der Waals surface area contributed by atoms with Crippen molar-refractivity contribution in [2.75, 3.05) is 13.2 Å². The molecule has 0 saturated carbocycles. The first-order valence-corrected chi connectivity index (χ1v) is 16.6. The van der Waals surface area contributed by atoms with Gasteiger partial charge in [-0.05, 0) is 54.0 Å². The van der Waals surface area contributed by atoms with Gasteiger partial charge in [-0.2, -0.15) is 0 Å². The third kappa shape index (κ3) is 8.45. The van der Waals surface area contributed by atoms with Gasteiger partial charge in [-0.1, -0.05) is 84.3 Å². The molecule has 0 amide bonds. The highest BCUT2D eigenvalue weighted by Gasteiger charge is 2.44. The lowest BCUT2D eigenvalue weighted by Gasteiger charge is -2.42. The maximum atomic E-state index is 6.64. The minimum atomic E-state index is -1.70. The zero-order chi connectivity index (χ0) is 21.5. The van der Waals surface area contributed by atoms with Crippen molar-refractivity contribution in [3.05, 3.63) is 10.6 Å². The maximum Gasteiger partial charge on any atom is 0.200 e. The molecule has 0 aliphatic rings. The summed E-state index contributed by atoms with van der Waals surface area (Å²) >= 11 is 3.69. The van der Waals surface area contributed by atoms with Crippen LogP contribution in [0.25, 0.3) is 0 Å². The number of rotatable bonds is 12. The monoisotopic (exact) mass is 478 g/mol. The Kier molecular flexibility index (Phi) is 11.9. The van der Waals surface area contributed by atoms with E-state index in [4.69, 9.17) is 8.85 Å². The lowest BCUT2D eigenvalue weighted by Crippen LogP contribution is -2.47. The van der Waals surface area contributed by atoms with Crippen LogP contribution in [0.5, 0.6) is 0 Å². The van der Waals surface area contributed by atoms with Gasteiger partial charge in [0, 0.05) is 11.1 Å². The van der Waals surface area contributed by atoms with E-state index in [1.165, 1.54) is 10.9 Å². The highest BCUT2D eigenvalue weighted by Crippen LogP contribution is 2.42. The van der Waals surface area contributed by atoms with Gasteiger partial charge < -0.3 is 8.85 Å². The van der Waals surface area contributed by atoms with E-state index in [1.807, 2.05) is 0 Å². The summed E-state index contributed by atoms with van der Waals surface area (Å²) in [5.41, 5.74) is 2.00. The van der Waals surface area contributed by atoms with Gasteiger partial charge in [0.1, 0.15) is 0 Å². The van der Waals surface area contributed by atoms with E-state index < -0.39 is 16.6 Å². The van der Waals surface area contributed by atoms with Crippen LogP contribution in [-0.2, 0) is 8.85 Å². The minimum Gasteiger partial charge on any atom is -0.416 e. The summed E-state index contributed by atoms with van der Waals surface area (Å²) in [6.07, 6.45) is 5.68. The molecule has 0 aromatic heterocycles. The van der Waals surface area contributed by atoms with Crippen molar-refractivity contribution in [3.8, 4) is 0 Å². The van der Waals surface area contributed by atoms with Crippen molar-refractivity contribution in [2.24, 2.45) is 0 Å². The van der Waals surface area contributed by atoms with Crippen molar-refractivity contribution in [1.82, 2.24) is 0 Å². The number of hydrogen-bond donors (Lipinski definition) is 0. The number of hydrogen-bond acceptors (Lipinski definition) is 2. The SMILES string of the molecule is CC(C)[Si](OCCCC/C=C(/Br)CO[Si](C)(C)C(C)(C)C)(C(C)C)C(C)C. The topological polar surface area (TPSA) is 18.5 Å². The molecule has 0 aromatic carbocycles. The average Bonchev–Trinajstić information content (AvgIpc) is 2.50. The van der Waals surface area contributed by atoms with Crippen LogP contribution in [-0.4, -0.2) is 29.8 Å². The Balaban J connectivity index is 4.37. The first-order valence-electron chi connectivity index (χ1n) is 10.8. The van der Waals surface area contributed by atoms with E-state index in [9.17, 15) is 0 Å². The van der Waals surface area contributed by atoms with Gasteiger partial charge in [0.25, 0.3) is 0 Å². The van der Waals surface area contributed by atoms with Crippen LogP contribution in [0, 0.1) is 0 Å². The Bertz CT molecular complexity index is 430. The summed E-state index contributed by atoms with van der Waals surface area (Å²) in [6, 6.07) is 0. The summed E-state index contributed by atoms with van der Waals surface area (Å²) in [5, 5.41) is 0.261. The predicted octanol–water partition coefficient (Wildman–Crippen LogP) is 8.65. The second-order valence-electron chi connectivity index (χ2n) is 10.4. The van der Waals surface area contributed by atoms with Gasteiger partial charge in [-0.3, -0.25) is 0 Å². The molecule has 0 spiro atoms. The third-order valence-corrected chi connectivity index (χ3v) is 17.5. The summed E-state index contributed by atoms with van der Waals surface area (Å²) in [4.78, 5) is 0. The molecular weight excluding hydrogens is 432 g/mol. The Morgan fingerprint density at radius 3 is 1.78 bits per heavy atom. The van der Waals surface area contributed by atoms with Crippen molar-refractivity contribution in [1.29, 1.82) is 0 Å². The van der Waals surface area contributed by atoms with Crippen LogP contribution in [0.15, 0.2) is 10.6 Å². The summed E-state index contributed by atoms with van der Waals surface area (Å²) in [7, 11) is -3.37. The molecule has 0 radical (unpaired) electrons. The van der Waals surface area contributed by atoms with E-state index >= 15 is 0 Å². The van der Waals surface area contributed by atoms with Gasteiger partial charge in [0.2, 0.25) is 0 Å². The highest BCUT2D eigenvalue weighted by molar-refractivity contribution is 9.11. The molecule has 0 aliphatic heterocycles. The first-order chi connectivity index (χ1) is 12.2. The van der Waals surface area contributed by atoms with E-state index in [1.54, 1.807) is 0 Å². The molecule has 0 atom stereocenters. The Morgan fingerprint density at radius 1 is 0.889 bits per heavy atom. The zero-order valence-corrected chi connectivity index (χ0v) is 23.6. The molecule has 0 saturated heterocycles. The molecule has 0 unspecified atom stereocenters. The smallest absolute Gasteiger partial charge is 0.200 e. The van der Waals surface area contributed by atoms with Crippen LogP contribution in [0.4, 0.5) is 0 Å². The van der Waals surface area contributed by atoms with Gasteiger partial charge in [-0.15, -0.1) is 0 Å². The van der Waals surface area contributed by atoms with Gasteiger partial charge in [-0.25, -0.2) is 0 Å². The largest absolute Gasteiger partial charge is 0.416 e. The highest BCUT2D eigenvalue weighted by atomic mass is 79.9. The second kappa shape index (κ2) is 11.7. The van der Waals surface area contributed by atoms with E-state index in [0.717, 1.165) is 19.4 Å². The molecule has 0 aromatic rings. The number of halogens is 1. The summed E-state index contributed by atoms with van der Waals surface area (Å²) in [5.74, 6) is 0. The van der Waals surface area contributed by atoms with E-state index in [2.05, 4.69) is 97.4 Å². The van der Waals surface area contributed by atoms with Crippen LogP contribution < -0.4 is 0 Å². The molecule has 0 heterocycles. The van der Waals surface area contributed by atoms with E-state index in [0.29, 0.717) is 23.2 Å². The van der Waals surface area contributed by atoms with Gasteiger partial charge in [0.05, 0.1) is 6.61 Å². The normalized spacial score (nSPS) is 14.7. The Morgan fingerprint density at radius 2 is 1.37 bits per heavy atom. The van der Waals surface area contributed by atoms with Gasteiger partial charge >= 0.3 is 0 Å². The lowest BCUT2D eigenvalue weighted by molar-refractivity contribution is 0.269. The van der Waals surface area contributed by atoms with Crippen LogP contribution >= 0.6 is 15.9 Å². The number of allylic oxidation sites excluding steroid dienone is 1. The zero-order valence-electron chi connectivity index (χ0n) is 20.0. The predicted molar refractivity (Wildman–Crippen MR) is 131 cm³/mol. The van der Waals surface area contributed by atoms with E-state index in [-0.39, 0.29) is 5.04 Å². The first kappa shape index (κ1) is 27.6. The van der Waals surface area contributed by atoms with Crippen molar-refractivity contribution >= 4 is 32.6 Å². The molecule has 0 N–H and O–H groups in total. The van der Waals surface area contributed by atoms with Gasteiger partial charge in [0.15, 0.2) is 16.6 Å². The van der Waals surface area contributed by atoms with Crippen molar-refractivity contribution < 1.29 is 8.85 Å². The molecular formula is C22H47BrO2Si2. The third-order valence-electron chi connectivity index (χ3n) is 6.40. The fraction of sp³-hybridized carbons (Fsp3) is 0.909. The molecule has 27 heavy (non-hydrogen) atoms. The van der Waals surface area contributed by atoms with Crippen molar-refractivity contribution in [3.63, 3.8) is 0 Å². The maximum absolute atomic E-state index is 6.64. The van der Waals surface area contributed by atoms with Crippen LogP contribution in [0.3, 0.4) is 0 Å². The average molecular weight is 480 g/mol. The lowest BCUT2D eigenvalue weighted by atomic mass is 10.2. The molecule has 2 nitrogen and oxygen atoms in total. The van der Waals surface area contributed by atoms with Crippen LogP contribution in [0.2, 0.25) is 34.8 Å². The molecule has 162 valence electrons. The second-order valence-corrected chi connectivity index (χ2v) is 21.6. The van der Waals surface area contributed by atoms with Crippen molar-refractivity contribution in [2.45, 2.75) is 116 Å². The molecule has 0 aliphatic carbocycles. The molecule has 0 bridgehead atoms. The Labute approximate surface area is 181 Å². The summed E-state index contributed by atoms with van der Waals surface area (Å²) < 4.78 is 14.1.